The predicted molar refractivity (Wildman–Crippen MR) is 97.8 cm³/mol. The van der Waals surface area contributed by atoms with Gasteiger partial charge in [-0.2, -0.15) is 0 Å². The minimum atomic E-state index is -0.247. The van der Waals surface area contributed by atoms with Crippen molar-refractivity contribution >= 4 is 22.9 Å². The van der Waals surface area contributed by atoms with Crippen LogP contribution in [0.15, 0.2) is 53.5 Å². The van der Waals surface area contributed by atoms with Gasteiger partial charge in [-0.25, -0.2) is 19.8 Å². The largest absolute Gasteiger partial charge is 0.370 e. The van der Waals surface area contributed by atoms with Gasteiger partial charge in [-0.1, -0.05) is 24.3 Å². The zero-order chi connectivity index (χ0) is 17.7. The average Bonchev–Trinajstić information content (AvgIpc) is 3.26. The third-order valence-electron chi connectivity index (χ3n) is 5.01. The molecule has 0 aliphatic carbocycles. The summed E-state index contributed by atoms with van der Waals surface area (Å²) in [5, 5.41) is 3.05. The van der Waals surface area contributed by atoms with E-state index < -0.39 is 0 Å². The summed E-state index contributed by atoms with van der Waals surface area (Å²) in [5.41, 5.74) is 15.4. The van der Waals surface area contributed by atoms with Crippen LogP contribution in [0.3, 0.4) is 0 Å². The topological polar surface area (TPSA) is 92.3 Å². The van der Waals surface area contributed by atoms with Gasteiger partial charge < -0.3 is 5.73 Å². The third kappa shape index (κ3) is 2.34. The Hall–Kier alpha value is -2.97. The summed E-state index contributed by atoms with van der Waals surface area (Å²) in [4.78, 5) is 9.31. The minimum Gasteiger partial charge on any atom is -0.370 e. The fourth-order valence-electron chi connectivity index (χ4n) is 3.82. The molecule has 3 aromatic rings. The number of halogens is 1. The van der Waals surface area contributed by atoms with E-state index in [0.717, 1.165) is 16.6 Å². The summed E-state index contributed by atoms with van der Waals surface area (Å²) in [6, 6.07) is 14.5. The van der Waals surface area contributed by atoms with Gasteiger partial charge in [0.25, 0.3) is 0 Å². The van der Waals surface area contributed by atoms with E-state index in [-0.39, 0.29) is 23.9 Å². The van der Waals surface area contributed by atoms with Gasteiger partial charge in [0, 0.05) is 12.5 Å². The lowest BCUT2D eigenvalue weighted by atomic mass is 9.92. The van der Waals surface area contributed by atoms with Gasteiger partial charge in [-0.3, -0.25) is 15.3 Å². The van der Waals surface area contributed by atoms with Crippen LogP contribution >= 0.6 is 0 Å². The number of anilines is 1. The van der Waals surface area contributed by atoms with Crippen LogP contribution in [0, 0.1) is 11.7 Å². The van der Waals surface area contributed by atoms with Crippen molar-refractivity contribution in [3.8, 4) is 0 Å². The number of hydrogen-bond donors (Lipinski definition) is 4. The number of rotatable bonds is 2. The fraction of sp³-hybridized carbons (Fsp3) is 0.222. The molecule has 2 aliphatic rings. The Balaban J connectivity index is 1.60. The SMILES string of the molecule is NC1=NC(C2CNNC2c2ccc(F)cc2)n2c(nc3ccccc32)N1. The molecule has 0 radical (unpaired) electrons. The van der Waals surface area contributed by atoms with Crippen LogP contribution in [0.2, 0.25) is 0 Å². The molecular weight excluding hydrogens is 333 g/mol. The Morgan fingerprint density at radius 2 is 1.92 bits per heavy atom. The molecule has 2 aliphatic heterocycles. The second kappa shape index (κ2) is 5.79. The summed E-state index contributed by atoms with van der Waals surface area (Å²) >= 11 is 0. The van der Waals surface area contributed by atoms with Crippen LogP contribution in [0.25, 0.3) is 11.0 Å². The van der Waals surface area contributed by atoms with Crippen molar-refractivity contribution in [1.82, 2.24) is 20.4 Å². The number of aliphatic imine (C=N–C) groups is 1. The number of hydrazine groups is 1. The maximum atomic E-state index is 13.3. The molecule has 1 aromatic heterocycles. The summed E-state index contributed by atoms with van der Waals surface area (Å²) < 4.78 is 15.4. The number of para-hydroxylation sites is 2. The average molecular weight is 351 g/mol. The van der Waals surface area contributed by atoms with Gasteiger partial charge >= 0.3 is 0 Å². The lowest BCUT2D eigenvalue weighted by molar-refractivity contribution is 0.328. The minimum absolute atomic E-state index is 0.0238. The van der Waals surface area contributed by atoms with Crippen LogP contribution < -0.4 is 21.9 Å². The van der Waals surface area contributed by atoms with E-state index in [2.05, 4.69) is 30.7 Å². The van der Waals surface area contributed by atoms with Crippen molar-refractivity contribution in [2.75, 3.05) is 11.9 Å². The lowest BCUT2D eigenvalue weighted by Gasteiger charge is -2.30. The van der Waals surface area contributed by atoms with E-state index in [4.69, 9.17) is 5.73 Å². The van der Waals surface area contributed by atoms with E-state index >= 15 is 0 Å². The first-order chi connectivity index (χ1) is 12.7. The number of guanidine groups is 1. The van der Waals surface area contributed by atoms with E-state index in [9.17, 15) is 4.39 Å². The zero-order valence-electron chi connectivity index (χ0n) is 13.9. The van der Waals surface area contributed by atoms with Crippen LogP contribution in [0.1, 0.15) is 17.8 Å². The second-order valence-corrected chi connectivity index (χ2v) is 6.57. The van der Waals surface area contributed by atoms with Crippen molar-refractivity contribution in [3.63, 3.8) is 0 Å². The van der Waals surface area contributed by atoms with E-state index in [1.165, 1.54) is 12.1 Å². The maximum absolute atomic E-state index is 13.3. The predicted octanol–water partition coefficient (Wildman–Crippen LogP) is 1.88. The zero-order valence-corrected chi connectivity index (χ0v) is 13.9. The molecule has 3 heterocycles. The molecule has 0 amide bonds. The molecule has 0 saturated carbocycles. The highest BCUT2D eigenvalue weighted by Crippen LogP contribution is 2.39. The molecule has 26 heavy (non-hydrogen) atoms. The normalized spacial score (nSPS) is 25.0. The molecule has 5 N–H and O–H groups in total. The highest BCUT2D eigenvalue weighted by Gasteiger charge is 2.39. The summed E-state index contributed by atoms with van der Waals surface area (Å²) in [7, 11) is 0. The Morgan fingerprint density at radius 3 is 2.77 bits per heavy atom. The smallest absolute Gasteiger partial charge is 0.212 e. The summed E-state index contributed by atoms with van der Waals surface area (Å²) in [6.07, 6.45) is -0.226. The van der Waals surface area contributed by atoms with Crippen LogP contribution in [-0.2, 0) is 0 Å². The first kappa shape index (κ1) is 15.3. The Kier molecular flexibility index (Phi) is 3.41. The quantitative estimate of drug-likeness (QED) is 0.566. The van der Waals surface area contributed by atoms with Crippen molar-refractivity contribution in [2.24, 2.45) is 16.6 Å². The van der Waals surface area contributed by atoms with Gasteiger partial charge in [0.1, 0.15) is 12.0 Å². The summed E-state index contributed by atoms with van der Waals surface area (Å²) in [5.74, 6) is 0.872. The van der Waals surface area contributed by atoms with Gasteiger partial charge in [-0.05, 0) is 29.8 Å². The number of hydrogen-bond acceptors (Lipinski definition) is 6. The van der Waals surface area contributed by atoms with E-state index in [1.807, 2.05) is 24.3 Å². The van der Waals surface area contributed by atoms with Gasteiger partial charge in [0.05, 0.1) is 17.1 Å². The highest BCUT2D eigenvalue weighted by atomic mass is 19.1. The maximum Gasteiger partial charge on any atom is 0.212 e. The molecule has 0 spiro atoms. The van der Waals surface area contributed by atoms with E-state index in [0.29, 0.717) is 18.5 Å². The first-order valence-electron chi connectivity index (χ1n) is 8.52. The Morgan fingerprint density at radius 1 is 1.12 bits per heavy atom. The molecule has 7 nitrogen and oxygen atoms in total. The molecule has 1 saturated heterocycles. The number of nitrogens with two attached hydrogens (primary N) is 1. The van der Waals surface area contributed by atoms with Gasteiger partial charge in [0.15, 0.2) is 5.96 Å². The summed E-state index contributed by atoms with van der Waals surface area (Å²) in [6.45, 7) is 0.704. The van der Waals surface area contributed by atoms with Crippen molar-refractivity contribution in [3.05, 3.63) is 59.9 Å². The molecule has 1 fully saturated rings. The number of nitrogens with one attached hydrogen (secondary N) is 3. The van der Waals surface area contributed by atoms with Crippen molar-refractivity contribution < 1.29 is 4.39 Å². The molecule has 3 unspecified atom stereocenters. The third-order valence-corrected chi connectivity index (χ3v) is 5.01. The number of aromatic nitrogens is 2. The van der Waals surface area contributed by atoms with E-state index in [1.54, 1.807) is 12.1 Å². The first-order valence-corrected chi connectivity index (χ1v) is 8.52. The number of fused-ring (bicyclic) bond motifs is 3. The second-order valence-electron chi connectivity index (χ2n) is 6.57. The molecule has 132 valence electrons. The van der Waals surface area contributed by atoms with Crippen molar-refractivity contribution in [1.29, 1.82) is 0 Å². The molecule has 0 bridgehead atoms. The standard InChI is InChI=1S/C18H18FN7/c19-11-7-5-10(6-8-11)15-12(9-21-25-15)16-23-17(20)24-18-22-13-3-1-2-4-14(13)26(16)18/h1-8,12,15-16,21,25H,9H2,(H3,20,22,23,24). The number of benzene rings is 2. The lowest BCUT2D eigenvalue weighted by Crippen LogP contribution is -2.35. The molecule has 2 aromatic carbocycles. The molecule has 5 rings (SSSR count). The van der Waals surface area contributed by atoms with Crippen LogP contribution in [0.4, 0.5) is 10.3 Å². The Bertz CT molecular complexity index is 994. The van der Waals surface area contributed by atoms with Crippen molar-refractivity contribution in [2.45, 2.75) is 12.2 Å². The van der Waals surface area contributed by atoms with Crippen LogP contribution in [-0.4, -0.2) is 22.1 Å². The van der Waals surface area contributed by atoms with Crippen LogP contribution in [0.5, 0.6) is 0 Å². The number of imidazole rings is 1. The highest BCUT2D eigenvalue weighted by molar-refractivity contribution is 5.94. The molecule has 8 heteroatoms. The Labute approximate surface area is 149 Å². The monoisotopic (exact) mass is 351 g/mol. The number of nitrogens with zero attached hydrogens (tertiary/aromatic N) is 3. The van der Waals surface area contributed by atoms with Gasteiger partial charge in [-0.15, -0.1) is 0 Å². The fourth-order valence-corrected chi connectivity index (χ4v) is 3.82. The molecule has 3 atom stereocenters. The molecular formula is C18H18FN7. The van der Waals surface area contributed by atoms with Gasteiger partial charge in [0.2, 0.25) is 5.95 Å².